The highest BCUT2D eigenvalue weighted by molar-refractivity contribution is 5.86. The van der Waals surface area contributed by atoms with E-state index in [-0.39, 0.29) is 22.6 Å². The third-order valence-electron chi connectivity index (χ3n) is 2.90. The van der Waals surface area contributed by atoms with Crippen LogP contribution in [0.25, 0.3) is 22.5 Å². The summed E-state index contributed by atoms with van der Waals surface area (Å²) >= 11 is 0. The summed E-state index contributed by atoms with van der Waals surface area (Å²) in [6.07, 6.45) is 3.00. The molecule has 100 valence electrons. The van der Waals surface area contributed by atoms with Crippen LogP contribution >= 0.6 is 0 Å². The van der Waals surface area contributed by atoms with Crippen molar-refractivity contribution < 1.29 is 8.91 Å². The molecular formula is C14H10FN3O2. The standard InChI is InChI=1S/C14H10FN3O2/c15-9-3-1-2-8(6-9)12-13(20-18-14(12)16)10-7-17-5-4-11(10)19/h1-7H,(H2,16,18)(H,17,19). The van der Waals surface area contributed by atoms with Gasteiger partial charge in [0.25, 0.3) is 0 Å². The van der Waals surface area contributed by atoms with Gasteiger partial charge in [-0.15, -0.1) is 0 Å². The third kappa shape index (κ3) is 1.97. The Morgan fingerprint density at radius 1 is 1.30 bits per heavy atom. The van der Waals surface area contributed by atoms with Gasteiger partial charge in [0.05, 0.1) is 11.1 Å². The topological polar surface area (TPSA) is 84.9 Å². The fourth-order valence-corrected chi connectivity index (χ4v) is 2.00. The van der Waals surface area contributed by atoms with Gasteiger partial charge < -0.3 is 15.2 Å². The van der Waals surface area contributed by atoms with Gasteiger partial charge in [0.1, 0.15) is 5.82 Å². The van der Waals surface area contributed by atoms with Crippen molar-refractivity contribution in [1.82, 2.24) is 10.1 Å². The van der Waals surface area contributed by atoms with Gasteiger partial charge in [-0.2, -0.15) is 0 Å². The molecule has 0 spiro atoms. The van der Waals surface area contributed by atoms with E-state index in [9.17, 15) is 9.18 Å². The minimum Gasteiger partial charge on any atom is -0.380 e. The molecule has 0 saturated carbocycles. The lowest BCUT2D eigenvalue weighted by atomic mass is 10.0. The molecule has 0 fully saturated rings. The molecule has 6 heteroatoms. The monoisotopic (exact) mass is 271 g/mol. The largest absolute Gasteiger partial charge is 0.380 e. The van der Waals surface area contributed by atoms with Crippen LogP contribution in [0.4, 0.5) is 10.2 Å². The fraction of sp³-hybridized carbons (Fsp3) is 0. The van der Waals surface area contributed by atoms with Gasteiger partial charge in [0.2, 0.25) is 0 Å². The zero-order chi connectivity index (χ0) is 14.1. The van der Waals surface area contributed by atoms with Crippen molar-refractivity contribution in [3.8, 4) is 22.5 Å². The van der Waals surface area contributed by atoms with Gasteiger partial charge in [0.15, 0.2) is 17.0 Å². The molecule has 5 nitrogen and oxygen atoms in total. The Morgan fingerprint density at radius 2 is 2.15 bits per heavy atom. The number of aromatic nitrogens is 2. The molecular weight excluding hydrogens is 261 g/mol. The number of nitrogens with zero attached hydrogens (tertiary/aromatic N) is 1. The Kier molecular flexibility index (Phi) is 2.83. The molecule has 0 atom stereocenters. The summed E-state index contributed by atoms with van der Waals surface area (Å²) < 4.78 is 18.5. The molecule has 0 aliphatic heterocycles. The molecule has 0 saturated heterocycles. The number of H-pyrrole nitrogens is 1. The first-order valence-electron chi connectivity index (χ1n) is 5.85. The Balaban J connectivity index is 2.26. The van der Waals surface area contributed by atoms with Gasteiger partial charge in [-0.25, -0.2) is 4.39 Å². The molecule has 2 aromatic heterocycles. The molecule has 20 heavy (non-hydrogen) atoms. The van der Waals surface area contributed by atoms with Crippen LogP contribution in [0.2, 0.25) is 0 Å². The zero-order valence-electron chi connectivity index (χ0n) is 10.3. The number of halogens is 1. The summed E-state index contributed by atoms with van der Waals surface area (Å²) in [6.45, 7) is 0. The summed E-state index contributed by atoms with van der Waals surface area (Å²) in [7, 11) is 0. The SMILES string of the molecule is Nc1noc(-c2c[nH]ccc2=O)c1-c1cccc(F)c1. The molecule has 0 amide bonds. The van der Waals surface area contributed by atoms with Crippen molar-refractivity contribution in [3.05, 3.63) is 58.8 Å². The van der Waals surface area contributed by atoms with E-state index in [1.807, 2.05) is 0 Å². The molecule has 3 rings (SSSR count). The molecule has 1 aromatic carbocycles. The number of nitrogens with one attached hydrogen (secondary N) is 1. The Hall–Kier alpha value is -2.89. The van der Waals surface area contributed by atoms with Crippen LogP contribution in [0.5, 0.6) is 0 Å². The van der Waals surface area contributed by atoms with E-state index in [1.54, 1.807) is 12.1 Å². The summed E-state index contributed by atoms with van der Waals surface area (Å²) in [4.78, 5) is 14.7. The van der Waals surface area contributed by atoms with Crippen molar-refractivity contribution in [2.45, 2.75) is 0 Å². The molecule has 0 aliphatic carbocycles. The molecule has 0 radical (unpaired) electrons. The number of nitrogen functional groups attached to an aromatic ring is 1. The number of hydrogen-bond donors (Lipinski definition) is 2. The lowest BCUT2D eigenvalue weighted by Gasteiger charge is -2.02. The van der Waals surface area contributed by atoms with E-state index < -0.39 is 5.82 Å². The van der Waals surface area contributed by atoms with Crippen LogP contribution in [0.3, 0.4) is 0 Å². The lowest BCUT2D eigenvalue weighted by Crippen LogP contribution is -2.02. The lowest BCUT2D eigenvalue weighted by molar-refractivity contribution is 0.435. The van der Waals surface area contributed by atoms with E-state index in [4.69, 9.17) is 10.3 Å². The first-order valence-corrected chi connectivity index (χ1v) is 5.85. The minimum atomic E-state index is -0.406. The van der Waals surface area contributed by atoms with Crippen molar-refractivity contribution >= 4 is 5.82 Å². The van der Waals surface area contributed by atoms with Gasteiger partial charge >= 0.3 is 0 Å². The average molecular weight is 271 g/mol. The number of rotatable bonds is 2. The molecule has 0 aliphatic rings. The van der Waals surface area contributed by atoms with E-state index in [0.717, 1.165) is 0 Å². The zero-order valence-corrected chi connectivity index (χ0v) is 10.3. The second-order valence-corrected chi connectivity index (χ2v) is 4.20. The van der Waals surface area contributed by atoms with Gasteiger partial charge in [-0.3, -0.25) is 4.79 Å². The third-order valence-corrected chi connectivity index (χ3v) is 2.90. The number of aromatic amines is 1. The molecule has 0 unspecified atom stereocenters. The molecule has 2 heterocycles. The predicted octanol–water partition coefficient (Wildman–Crippen LogP) is 2.42. The Morgan fingerprint density at radius 3 is 2.90 bits per heavy atom. The Labute approximate surface area is 112 Å². The van der Waals surface area contributed by atoms with E-state index >= 15 is 0 Å². The van der Waals surface area contributed by atoms with Crippen LogP contribution in [0, 0.1) is 5.82 Å². The summed E-state index contributed by atoms with van der Waals surface area (Å²) in [6, 6.07) is 7.22. The first kappa shape index (κ1) is 12.2. The molecule has 3 aromatic rings. The number of nitrogens with two attached hydrogens (primary N) is 1. The summed E-state index contributed by atoms with van der Waals surface area (Å²) in [5.74, 6) is -0.0835. The van der Waals surface area contributed by atoms with Crippen molar-refractivity contribution in [2.24, 2.45) is 0 Å². The van der Waals surface area contributed by atoms with Crippen LogP contribution in [0.1, 0.15) is 0 Å². The van der Waals surface area contributed by atoms with Gasteiger partial charge in [-0.1, -0.05) is 17.3 Å². The Bertz CT molecular complexity index is 823. The molecule has 0 bridgehead atoms. The number of pyridine rings is 1. The maximum atomic E-state index is 13.3. The van der Waals surface area contributed by atoms with E-state index in [1.165, 1.54) is 30.6 Å². The normalized spacial score (nSPS) is 10.7. The predicted molar refractivity (Wildman–Crippen MR) is 72.4 cm³/mol. The van der Waals surface area contributed by atoms with Crippen molar-refractivity contribution in [3.63, 3.8) is 0 Å². The van der Waals surface area contributed by atoms with Crippen LogP contribution in [0.15, 0.2) is 52.0 Å². The van der Waals surface area contributed by atoms with Crippen molar-refractivity contribution in [2.75, 3.05) is 5.73 Å². The highest BCUT2D eigenvalue weighted by Crippen LogP contribution is 2.35. The fourth-order valence-electron chi connectivity index (χ4n) is 2.00. The first-order chi connectivity index (χ1) is 9.66. The summed E-state index contributed by atoms with van der Waals surface area (Å²) in [5.41, 5.74) is 6.73. The minimum absolute atomic E-state index is 0.105. The van der Waals surface area contributed by atoms with E-state index in [2.05, 4.69) is 10.1 Å². The van der Waals surface area contributed by atoms with Crippen LogP contribution in [-0.2, 0) is 0 Å². The number of benzene rings is 1. The number of hydrogen-bond acceptors (Lipinski definition) is 4. The van der Waals surface area contributed by atoms with Gasteiger partial charge in [-0.05, 0) is 17.7 Å². The van der Waals surface area contributed by atoms with Crippen LogP contribution in [-0.4, -0.2) is 10.1 Å². The average Bonchev–Trinajstić information content (AvgIpc) is 2.81. The summed E-state index contributed by atoms with van der Waals surface area (Å²) in [5, 5.41) is 3.67. The van der Waals surface area contributed by atoms with Crippen molar-refractivity contribution in [1.29, 1.82) is 0 Å². The highest BCUT2D eigenvalue weighted by Gasteiger charge is 2.19. The second kappa shape index (κ2) is 4.65. The highest BCUT2D eigenvalue weighted by atomic mass is 19.1. The smallest absolute Gasteiger partial charge is 0.192 e. The quantitative estimate of drug-likeness (QED) is 0.749. The molecule has 3 N–H and O–H groups in total. The van der Waals surface area contributed by atoms with Gasteiger partial charge in [0, 0.05) is 18.5 Å². The second-order valence-electron chi connectivity index (χ2n) is 4.20. The van der Waals surface area contributed by atoms with E-state index in [0.29, 0.717) is 11.1 Å². The maximum absolute atomic E-state index is 13.3. The van der Waals surface area contributed by atoms with Crippen LogP contribution < -0.4 is 11.2 Å². The maximum Gasteiger partial charge on any atom is 0.192 e. The number of anilines is 1.